The van der Waals surface area contributed by atoms with Crippen LogP contribution < -0.4 is 10.6 Å². The standard InChI is InChI=1S/C11H14ClN3O/c1-13-10-9(12)4-8(6-14-10)11(16)15-5-7-2-3-7/h4,6-7H,2-3,5H2,1H3,(H,13,14)(H,15,16). The van der Waals surface area contributed by atoms with Gasteiger partial charge in [0.2, 0.25) is 0 Å². The molecule has 0 aromatic carbocycles. The summed E-state index contributed by atoms with van der Waals surface area (Å²) >= 11 is 5.94. The number of rotatable bonds is 4. The molecule has 0 bridgehead atoms. The molecule has 1 aliphatic carbocycles. The van der Waals surface area contributed by atoms with E-state index in [1.54, 1.807) is 13.1 Å². The average molecular weight is 240 g/mol. The maximum Gasteiger partial charge on any atom is 0.252 e. The number of hydrogen-bond donors (Lipinski definition) is 2. The van der Waals surface area contributed by atoms with Crippen LogP contribution in [0.5, 0.6) is 0 Å². The van der Waals surface area contributed by atoms with Gasteiger partial charge < -0.3 is 10.6 Å². The molecule has 1 aliphatic rings. The third-order valence-corrected chi connectivity index (χ3v) is 2.88. The van der Waals surface area contributed by atoms with Crippen molar-refractivity contribution in [3.63, 3.8) is 0 Å². The number of halogens is 1. The summed E-state index contributed by atoms with van der Waals surface area (Å²) in [5, 5.41) is 6.17. The number of anilines is 1. The molecule has 0 spiro atoms. The van der Waals surface area contributed by atoms with Crippen molar-refractivity contribution in [1.29, 1.82) is 0 Å². The van der Waals surface area contributed by atoms with Crippen molar-refractivity contribution in [2.24, 2.45) is 5.92 Å². The number of carbonyl (C=O) groups excluding carboxylic acids is 1. The zero-order valence-electron chi connectivity index (χ0n) is 9.09. The van der Waals surface area contributed by atoms with E-state index in [1.807, 2.05) is 0 Å². The van der Waals surface area contributed by atoms with E-state index in [9.17, 15) is 4.79 Å². The lowest BCUT2D eigenvalue weighted by Gasteiger charge is -2.06. The summed E-state index contributed by atoms with van der Waals surface area (Å²) in [6.07, 6.45) is 3.97. The molecule has 1 amide bonds. The molecular formula is C11H14ClN3O. The average Bonchev–Trinajstić information content (AvgIpc) is 3.09. The van der Waals surface area contributed by atoms with Crippen LogP contribution in [0.25, 0.3) is 0 Å². The van der Waals surface area contributed by atoms with Crippen LogP contribution in [0.4, 0.5) is 5.82 Å². The van der Waals surface area contributed by atoms with Crippen molar-refractivity contribution >= 4 is 23.3 Å². The van der Waals surface area contributed by atoms with Gasteiger partial charge in [-0.15, -0.1) is 0 Å². The van der Waals surface area contributed by atoms with E-state index < -0.39 is 0 Å². The van der Waals surface area contributed by atoms with E-state index in [-0.39, 0.29) is 5.91 Å². The van der Waals surface area contributed by atoms with Crippen molar-refractivity contribution in [3.05, 3.63) is 22.8 Å². The van der Waals surface area contributed by atoms with Gasteiger partial charge in [-0.05, 0) is 24.8 Å². The maximum absolute atomic E-state index is 11.7. The molecule has 1 fully saturated rings. The van der Waals surface area contributed by atoms with Gasteiger partial charge in [0.05, 0.1) is 10.6 Å². The van der Waals surface area contributed by atoms with Crippen LogP contribution in [0.2, 0.25) is 5.02 Å². The Morgan fingerprint density at radius 1 is 1.62 bits per heavy atom. The summed E-state index contributed by atoms with van der Waals surface area (Å²) in [5.41, 5.74) is 0.504. The lowest BCUT2D eigenvalue weighted by atomic mass is 10.2. The van der Waals surface area contributed by atoms with E-state index in [1.165, 1.54) is 19.0 Å². The number of carbonyl (C=O) groups is 1. The molecule has 0 aliphatic heterocycles. The van der Waals surface area contributed by atoms with Crippen LogP contribution in [0.3, 0.4) is 0 Å². The molecule has 1 aromatic rings. The number of nitrogens with one attached hydrogen (secondary N) is 2. The van der Waals surface area contributed by atoms with E-state index in [0.717, 1.165) is 6.54 Å². The minimum atomic E-state index is -0.107. The van der Waals surface area contributed by atoms with Gasteiger partial charge in [-0.3, -0.25) is 4.79 Å². The number of hydrogen-bond acceptors (Lipinski definition) is 3. The van der Waals surface area contributed by atoms with Gasteiger partial charge in [0.15, 0.2) is 0 Å². The van der Waals surface area contributed by atoms with E-state index in [4.69, 9.17) is 11.6 Å². The van der Waals surface area contributed by atoms with Gasteiger partial charge in [0, 0.05) is 19.8 Å². The van der Waals surface area contributed by atoms with E-state index >= 15 is 0 Å². The second kappa shape index (κ2) is 4.70. The second-order valence-corrected chi connectivity index (χ2v) is 4.37. The predicted molar refractivity (Wildman–Crippen MR) is 63.9 cm³/mol. The fourth-order valence-electron chi connectivity index (χ4n) is 1.41. The first-order valence-corrected chi connectivity index (χ1v) is 5.70. The van der Waals surface area contributed by atoms with Crippen LogP contribution in [-0.4, -0.2) is 24.5 Å². The fourth-order valence-corrected chi connectivity index (χ4v) is 1.67. The third kappa shape index (κ3) is 2.64. The number of pyridine rings is 1. The summed E-state index contributed by atoms with van der Waals surface area (Å²) in [6, 6.07) is 1.63. The van der Waals surface area contributed by atoms with E-state index in [2.05, 4.69) is 15.6 Å². The van der Waals surface area contributed by atoms with E-state index in [0.29, 0.717) is 22.3 Å². The molecule has 16 heavy (non-hydrogen) atoms. The molecule has 4 nitrogen and oxygen atoms in total. The molecule has 0 saturated heterocycles. The first-order valence-electron chi connectivity index (χ1n) is 5.32. The Labute approximate surface area is 99.4 Å². The highest BCUT2D eigenvalue weighted by molar-refractivity contribution is 6.33. The lowest BCUT2D eigenvalue weighted by molar-refractivity contribution is 0.0951. The quantitative estimate of drug-likeness (QED) is 0.844. The van der Waals surface area contributed by atoms with Crippen LogP contribution in [0, 0.1) is 5.92 Å². The maximum atomic E-state index is 11.7. The molecular weight excluding hydrogens is 226 g/mol. The molecule has 2 rings (SSSR count). The minimum Gasteiger partial charge on any atom is -0.372 e. The van der Waals surface area contributed by atoms with Gasteiger partial charge in [-0.25, -0.2) is 4.98 Å². The van der Waals surface area contributed by atoms with Gasteiger partial charge in [0.1, 0.15) is 5.82 Å². The Balaban J connectivity index is 2.01. The number of nitrogens with zero attached hydrogens (tertiary/aromatic N) is 1. The zero-order valence-corrected chi connectivity index (χ0v) is 9.84. The third-order valence-electron chi connectivity index (χ3n) is 2.59. The van der Waals surface area contributed by atoms with Gasteiger partial charge in [-0.1, -0.05) is 11.6 Å². The summed E-state index contributed by atoms with van der Waals surface area (Å²) in [6.45, 7) is 0.754. The Kier molecular flexibility index (Phi) is 3.29. The Hall–Kier alpha value is -1.29. The molecule has 0 atom stereocenters. The van der Waals surface area contributed by atoms with Gasteiger partial charge in [0.25, 0.3) is 5.91 Å². The normalized spacial score (nSPS) is 14.6. The van der Waals surface area contributed by atoms with Crippen molar-refractivity contribution in [1.82, 2.24) is 10.3 Å². The van der Waals surface area contributed by atoms with Crippen molar-refractivity contribution < 1.29 is 4.79 Å². The highest BCUT2D eigenvalue weighted by atomic mass is 35.5. The summed E-state index contributed by atoms with van der Waals surface area (Å²) in [4.78, 5) is 15.8. The van der Waals surface area contributed by atoms with Crippen LogP contribution in [0.1, 0.15) is 23.2 Å². The Morgan fingerprint density at radius 3 is 2.94 bits per heavy atom. The SMILES string of the molecule is CNc1ncc(C(=O)NCC2CC2)cc1Cl. The molecule has 2 N–H and O–H groups in total. The highest BCUT2D eigenvalue weighted by Gasteiger charge is 2.22. The molecule has 1 heterocycles. The second-order valence-electron chi connectivity index (χ2n) is 3.96. The van der Waals surface area contributed by atoms with Gasteiger partial charge >= 0.3 is 0 Å². The highest BCUT2D eigenvalue weighted by Crippen LogP contribution is 2.27. The van der Waals surface area contributed by atoms with Crippen LogP contribution in [-0.2, 0) is 0 Å². The monoisotopic (exact) mass is 239 g/mol. The topological polar surface area (TPSA) is 54.0 Å². The smallest absolute Gasteiger partial charge is 0.252 e. The Bertz CT molecular complexity index is 404. The molecule has 5 heteroatoms. The summed E-state index contributed by atoms with van der Waals surface area (Å²) in [7, 11) is 1.74. The fraction of sp³-hybridized carbons (Fsp3) is 0.455. The largest absolute Gasteiger partial charge is 0.372 e. The lowest BCUT2D eigenvalue weighted by Crippen LogP contribution is -2.25. The van der Waals surface area contributed by atoms with Crippen molar-refractivity contribution in [2.75, 3.05) is 18.9 Å². The Morgan fingerprint density at radius 2 is 2.38 bits per heavy atom. The molecule has 0 radical (unpaired) electrons. The number of aromatic nitrogens is 1. The van der Waals surface area contributed by atoms with Crippen LogP contribution in [0.15, 0.2) is 12.3 Å². The predicted octanol–water partition coefficient (Wildman–Crippen LogP) is 1.92. The zero-order chi connectivity index (χ0) is 11.5. The summed E-state index contributed by atoms with van der Waals surface area (Å²) in [5.74, 6) is 1.15. The van der Waals surface area contributed by atoms with Gasteiger partial charge in [-0.2, -0.15) is 0 Å². The number of amides is 1. The molecule has 0 unspecified atom stereocenters. The molecule has 86 valence electrons. The minimum absolute atomic E-state index is 0.107. The van der Waals surface area contributed by atoms with Crippen molar-refractivity contribution in [3.8, 4) is 0 Å². The first-order chi connectivity index (χ1) is 7.70. The molecule has 1 saturated carbocycles. The summed E-state index contributed by atoms with van der Waals surface area (Å²) < 4.78 is 0. The molecule has 1 aromatic heterocycles. The van der Waals surface area contributed by atoms with Crippen LogP contribution >= 0.6 is 11.6 Å². The van der Waals surface area contributed by atoms with Crippen molar-refractivity contribution in [2.45, 2.75) is 12.8 Å². The first kappa shape index (κ1) is 11.2.